The molecule has 0 aliphatic rings. The second-order valence-corrected chi connectivity index (χ2v) is 5.07. The fraction of sp³-hybridized carbons (Fsp3) is 0.188. The minimum atomic E-state index is -0.477. The van der Waals surface area contributed by atoms with E-state index in [1.165, 1.54) is 0 Å². The third kappa shape index (κ3) is 2.39. The van der Waals surface area contributed by atoms with Crippen LogP contribution in [0, 0.1) is 6.92 Å². The number of nitrogens with two attached hydrogens (primary N) is 1. The molecule has 0 unspecified atom stereocenters. The highest BCUT2D eigenvalue weighted by Crippen LogP contribution is 2.23. The second kappa shape index (κ2) is 5.48. The van der Waals surface area contributed by atoms with Gasteiger partial charge in [-0.2, -0.15) is 0 Å². The molecule has 2 N–H and O–H groups in total. The van der Waals surface area contributed by atoms with Crippen molar-refractivity contribution in [2.45, 2.75) is 13.5 Å². The number of methoxy groups -OCH3 is 1. The lowest BCUT2D eigenvalue weighted by atomic mass is 10.2. The van der Waals surface area contributed by atoms with Gasteiger partial charge in [0.1, 0.15) is 5.52 Å². The molecule has 6 heteroatoms. The van der Waals surface area contributed by atoms with E-state index in [-0.39, 0.29) is 0 Å². The smallest absolute Gasteiger partial charge is 0.252 e. The van der Waals surface area contributed by atoms with E-state index >= 15 is 0 Å². The van der Waals surface area contributed by atoms with E-state index in [1.807, 2.05) is 23.6 Å². The Morgan fingerprint density at radius 2 is 2.14 bits per heavy atom. The quantitative estimate of drug-likeness (QED) is 0.797. The predicted molar refractivity (Wildman–Crippen MR) is 82.9 cm³/mol. The summed E-state index contributed by atoms with van der Waals surface area (Å²) < 4.78 is 7.03. The topological polar surface area (TPSA) is 83.0 Å². The zero-order chi connectivity index (χ0) is 15.7. The molecule has 0 atom stereocenters. The summed E-state index contributed by atoms with van der Waals surface area (Å²) in [4.78, 5) is 20.1. The van der Waals surface area contributed by atoms with E-state index in [2.05, 4.69) is 9.97 Å². The minimum absolute atomic E-state index is 0.431. The Kier molecular flexibility index (Phi) is 3.50. The van der Waals surface area contributed by atoms with Gasteiger partial charge in [-0.25, -0.2) is 4.98 Å². The molecule has 0 saturated carbocycles. The maximum absolute atomic E-state index is 11.6. The van der Waals surface area contributed by atoms with Crippen LogP contribution < -0.4 is 10.5 Å². The van der Waals surface area contributed by atoms with Gasteiger partial charge >= 0.3 is 0 Å². The van der Waals surface area contributed by atoms with Crippen molar-refractivity contribution in [2.75, 3.05) is 7.11 Å². The largest absolute Gasteiger partial charge is 0.481 e. The summed E-state index contributed by atoms with van der Waals surface area (Å²) in [5.74, 6) is 0.0893. The summed E-state index contributed by atoms with van der Waals surface area (Å²) in [7, 11) is 1.58. The molecule has 1 amide bonds. The van der Waals surface area contributed by atoms with Crippen molar-refractivity contribution >= 4 is 16.9 Å². The molecule has 3 aromatic heterocycles. The number of ether oxygens (including phenoxy) is 1. The summed E-state index contributed by atoms with van der Waals surface area (Å²) >= 11 is 0. The number of nitrogens with zero attached hydrogens (tertiary/aromatic N) is 3. The molecule has 6 nitrogen and oxygen atoms in total. The molecule has 0 radical (unpaired) electrons. The molecule has 0 aliphatic carbocycles. The highest BCUT2D eigenvalue weighted by Gasteiger charge is 2.15. The van der Waals surface area contributed by atoms with Crippen LogP contribution in [0.2, 0.25) is 0 Å². The molecule has 0 fully saturated rings. The number of hydrogen-bond donors (Lipinski definition) is 1. The van der Waals surface area contributed by atoms with Crippen molar-refractivity contribution in [3.8, 4) is 5.88 Å². The van der Waals surface area contributed by atoms with E-state index in [1.54, 1.807) is 31.8 Å². The normalized spacial score (nSPS) is 10.8. The van der Waals surface area contributed by atoms with Gasteiger partial charge in [0.25, 0.3) is 5.91 Å². The van der Waals surface area contributed by atoms with Crippen LogP contribution in [-0.4, -0.2) is 27.6 Å². The number of carbonyl (C=O) groups is 1. The first-order valence-electron chi connectivity index (χ1n) is 6.83. The average Bonchev–Trinajstić information content (AvgIpc) is 2.88. The average molecular weight is 296 g/mol. The number of rotatable bonds is 4. The molecule has 0 saturated heterocycles. The van der Waals surface area contributed by atoms with Crippen molar-refractivity contribution in [3.63, 3.8) is 0 Å². The minimum Gasteiger partial charge on any atom is -0.481 e. The van der Waals surface area contributed by atoms with Crippen LogP contribution in [0.1, 0.15) is 21.5 Å². The highest BCUT2D eigenvalue weighted by atomic mass is 16.5. The third-order valence-corrected chi connectivity index (χ3v) is 3.58. The van der Waals surface area contributed by atoms with Gasteiger partial charge in [-0.15, -0.1) is 0 Å². The van der Waals surface area contributed by atoms with Gasteiger partial charge in [-0.1, -0.05) is 6.07 Å². The van der Waals surface area contributed by atoms with Gasteiger partial charge in [0.05, 0.1) is 18.2 Å². The molecule has 3 aromatic rings. The van der Waals surface area contributed by atoms with Crippen LogP contribution in [0.25, 0.3) is 11.0 Å². The molecule has 0 aliphatic heterocycles. The molecule has 3 rings (SSSR count). The number of amides is 1. The number of aromatic nitrogens is 3. The monoisotopic (exact) mass is 296 g/mol. The first-order valence-corrected chi connectivity index (χ1v) is 6.83. The first-order chi connectivity index (χ1) is 10.6. The molecular weight excluding hydrogens is 280 g/mol. The number of carbonyl (C=O) groups excluding carboxylic acids is 1. The van der Waals surface area contributed by atoms with Gasteiger partial charge in [-0.3, -0.25) is 9.78 Å². The van der Waals surface area contributed by atoms with Crippen molar-refractivity contribution in [2.24, 2.45) is 5.73 Å². The standard InChI is InChI=1S/C16H16N4O2/c1-10-5-6-18-14-12(16(17)21)9-20(15(10)14)8-11-3-4-13(22-2)19-7-11/h3-7,9H,8H2,1-2H3,(H2,17,21). The van der Waals surface area contributed by atoms with Crippen LogP contribution in [0.3, 0.4) is 0 Å². The van der Waals surface area contributed by atoms with Crippen LogP contribution >= 0.6 is 0 Å². The van der Waals surface area contributed by atoms with E-state index in [9.17, 15) is 4.79 Å². The summed E-state index contributed by atoms with van der Waals surface area (Å²) in [6.45, 7) is 2.56. The first kappa shape index (κ1) is 14.1. The summed E-state index contributed by atoms with van der Waals surface area (Å²) in [5, 5.41) is 0. The fourth-order valence-electron chi connectivity index (χ4n) is 2.52. The summed E-state index contributed by atoms with van der Waals surface area (Å²) in [6, 6.07) is 5.66. The lowest BCUT2D eigenvalue weighted by Gasteiger charge is -2.07. The van der Waals surface area contributed by atoms with Gasteiger partial charge in [0.2, 0.25) is 5.88 Å². The fourth-order valence-corrected chi connectivity index (χ4v) is 2.52. The zero-order valence-electron chi connectivity index (χ0n) is 12.4. The number of hydrogen-bond acceptors (Lipinski definition) is 4. The van der Waals surface area contributed by atoms with E-state index in [0.717, 1.165) is 16.6 Å². The SMILES string of the molecule is COc1ccc(Cn2cc(C(N)=O)c3nccc(C)c32)cn1. The number of aryl methyl sites for hydroxylation is 1. The van der Waals surface area contributed by atoms with Crippen molar-refractivity contribution < 1.29 is 9.53 Å². The Hall–Kier alpha value is -2.89. The maximum atomic E-state index is 11.6. The lowest BCUT2D eigenvalue weighted by Crippen LogP contribution is -2.10. The van der Waals surface area contributed by atoms with Gasteiger partial charge in [-0.05, 0) is 24.1 Å². The van der Waals surface area contributed by atoms with Gasteiger partial charge in [0, 0.05) is 31.2 Å². The van der Waals surface area contributed by atoms with Crippen molar-refractivity contribution in [1.82, 2.24) is 14.5 Å². The summed E-state index contributed by atoms with van der Waals surface area (Å²) in [5.41, 5.74) is 9.46. The summed E-state index contributed by atoms with van der Waals surface area (Å²) in [6.07, 6.45) is 5.18. The number of primary amides is 1. The molecular formula is C16H16N4O2. The van der Waals surface area contributed by atoms with Crippen molar-refractivity contribution in [1.29, 1.82) is 0 Å². The Morgan fingerprint density at radius 3 is 2.77 bits per heavy atom. The Balaban J connectivity index is 2.08. The van der Waals surface area contributed by atoms with E-state index < -0.39 is 5.91 Å². The Bertz CT molecular complexity index is 837. The molecule has 112 valence electrons. The highest BCUT2D eigenvalue weighted by molar-refractivity contribution is 6.05. The van der Waals surface area contributed by atoms with E-state index in [4.69, 9.17) is 10.5 Å². The maximum Gasteiger partial charge on any atom is 0.252 e. The van der Waals surface area contributed by atoms with Crippen LogP contribution in [0.5, 0.6) is 5.88 Å². The molecule has 3 heterocycles. The van der Waals surface area contributed by atoms with Crippen molar-refractivity contribution in [3.05, 3.63) is 53.5 Å². The Morgan fingerprint density at radius 1 is 1.32 bits per heavy atom. The number of fused-ring (bicyclic) bond motifs is 1. The second-order valence-electron chi connectivity index (χ2n) is 5.07. The predicted octanol–water partition coefficient (Wildman–Crippen LogP) is 1.90. The zero-order valence-corrected chi connectivity index (χ0v) is 12.4. The van der Waals surface area contributed by atoms with Crippen LogP contribution in [-0.2, 0) is 6.54 Å². The molecule has 22 heavy (non-hydrogen) atoms. The number of pyridine rings is 2. The molecule has 0 bridgehead atoms. The molecule has 0 aromatic carbocycles. The molecule has 0 spiro atoms. The third-order valence-electron chi connectivity index (χ3n) is 3.58. The van der Waals surface area contributed by atoms with Gasteiger partial charge in [0.15, 0.2) is 0 Å². The van der Waals surface area contributed by atoms with E-state index in [0.29, 0.717) is 23.5 Å². The lowest BCUT2D eigenvalue weighted by molar-refractivity contribution is 0.100. The van der Waals surface area contributed by atoms with Crippen LogP contribution in [0.15, 0.2) is 36.8 Å². The Labute approximate surface area is 127 Å². The van der Waals surface area contributed by atoms with Crippen LogP contribution in [0.4, 0.5) is 0 Å². The van der Waals surface area contributed by atoms with Gasteiger partial charge < -0.3 is 15.0 Å².